The molecule has 0 saturated carbocycles. The Balaban J connectivity index is 1.53. The van der Waals surface area contributed by atoms with Crippen molar-refractivity contribution in [2.45, 2.75) is 6.42 Å². The Bertz CT molecular complexity index is 1100. The highest BCUT2D eigenvalue weighted by atomic mass is 79.9. The molecule has 0 radical (unpaired) electrons. The van der Waals surface area contributed by atoms with Crippen LogP contribution in [0.5, 0.6) is 11.5 Å². The van der Waals surface area contributed by atoms with E-state index in [1.54, 1.807) is 42.5 Å². The number of aliphatic hydroxyl groups is 1. The van der Waals surface area contributed by atoms with Crippen LogP contribution in [0.1, 0.15) is 5.56 Å². The number of carbonyl (C=O) groups is 1. The molecule has 3 aromatic rings. The Hall–Kier alpha value is -2.49. The molecule has 0 fully saturated rings. The molecule has 0 saturated heterocycles. The van der Waals surface area contributed by atoms with Gasteiger partial charge >= 0.3 is 6.03 Å². The maximum atomic E-state index is 13.4. The van der Waals surface area contributed by atoms with E-state index in [0.717, 1.165) is 5.56 Å². The summed E-state index contributed by atoms with van der Waals surface area (Å²) >= 11 is 6.52. The molecule has 0 aliphatic carbocycles. The smallest absolute Gasteiger partial charge is 0.319 e. The first-order valence-electron chi connectivity index (χ1n) is 9.66. The minimum Gasteiger partial charge on any atom is -0.456 e. The van der Waals surface area contributed by atoms with Crippen LogP contribution in [0.4, 0.5) is 19.3 Å². The Morgan fingerprint density at radius 2 is 1.84 bits per heavy atom. The van der Waals surface area contributed by atoms with Crippen molar-refractivity contribution in [3.8, 4) is 11.5 Å². The van der Waals surface area contributed by atoms with Crippen LogP contribution in [0, 0.1) is 17.6 Å². The summed E-state index contributed by atoms with van der Waals surface area (Å²) in [7, 11) is 0. The van der Waals surface area contributed by atoms with Crippen LogP contribution in [0.15, 0.2) is 69.6 Å². The number of hydrogen-bond acceptors (Lipinski definition) is 3. The second kappa shape index (κ2) is 11.4. The molecule has 1 atom stereocenters. The fourth-order valence-corrected chi connectivity index (χ4v) is 3.82. The van der Waals surface area contributed by atoms with Crippen LogP contribution in [0.3, 0.4) is 0 Å². The lowest BCUT2D eigenvalue weighted by Crippen LogP contribution is -2.35. The Morgan fingerprint density at radius 3 is 2.53 bits per heavy atom. The molecular formula is C23H20Br2F2N2O3. The lowest BCUT2D eigenvalue weighted by molar-refractivity contribution is 0.218. The van der Waals surface area contributed by atoms with Crippen LogP contribution >= 0.6 is 31.9 Å². The van der Waals surface area contributed by atoms with E-state index in [1.165, 1.54) is 18.2 Å². The second-order valence-electron chi connectivity index (χ2n) is 7.04. The molecule has 0 bridgehead atoms. The molecule has 3 aromatic carbocycles. The van der Waals surface area contributed by atoms with Gasteiger partial charge in [-0.05, 0) is 86.3 Å². The first-order chi connectivity index (χ1) is 15.3. The number of urea groups is 1. The molecule has 5 nitrogen and oxygen atoms in total. The number of nitrogens with one attached hydrogen (secondary N) is 2. The summed E-state index contributed by atoms with van der Waals surface area (Å²) in [6, 6.07) is 15.0. The average molecular weight is 570 g/mol. The lowest BCUT2D eigenvalue weighted by atomic mass is 10.00. The molecular weight excluding hydrogens is 550 g/mol. The summed E-state index contributed by atoms with van der Waals surface area (Å²) in [6.07, 6.45) is 0.479. The fraction of sp³-hybridized carbons (Fsp3) is 0.174. The summed E-state index contributed by atoms with van der Waals surface area (Å²) in [6.45, 7) is 0.103. The zero-order chi connectivity index (χ0) is 23.1. The number of hydrogen-bond donors (Lipinski definition) is 3. The van der Waals surface area contributed by atoms with Crippen molar-refractivity contribution in [1.82, 2.24) is 5.32 Å². The monoisotopic (exact) mass is 568 g/mol. The second-order valence-corrected chi connectivity index (χ2v) is 8.75. The number of carbonyl (C=O) groups excluding carboxylic acids is 1. The van der Waals surface area contributed by atoms with Gasteiger partial charge in [0, 0.05) is 30.8 Å². The van der Waals surface area contributed by atoms with Crippen molar-refractivity contribution in [1.29, 1.82) is 0 Å². The van der Waals surface area contributed by atoms with Crippen molar-refractivity contribution in [3.05, 3.63) is 86.8 Å². The number of rotatable bonds is 8. The summed E-state index contributed by atoms with van der Waals surface area (Å²) in [4.78, 5) is 12.3. The van der Waals surface area contributed by atoms with E-state index in [2.05, 4.69) is 42.5 Å². The molecule has 3 rings (SSSR count). The highest BCUT2D eigenvalue weighted by Gasteiger charge is 2.13. The minimum absolute atomic E-state index is 0.132. The Morgan fingerprint density at radius 1 is 1.03 bits per heavy atom. The summed E-state index contributed by atoms with van der Waals surface area (Å²) < 4.78 is 33.3. The summed E-state index contributed by atoms with van der Waals surface area (Å²) in [5.74, 6) is -0.168. The summed E-state index contributed by atoms with van der Waals surface area (Å²) in [5, 5.41) is 15.1. The van der Waals surface area contributed by atoms with Crippen molar-refractivity contribution in [3.63, 3.8) is 0 Å². The van der Waals surface area contributed by atoms with E-state index in [0.29, 0.717) is 32.6 Å². The van der Waals surface area contributed by atoms with Gasteiger partial charge in [0.1, 0.15) is 23.1 Å². The molecule has 0 heterocycles. The van der Waals surface area contributed by atoms with Crippen LogP contribution in [-0.2, 0) is 6.42 Å². The van der Waals surface area contributed by atoms with E-state index in [4.69, 9.17) is 4.74 Å². The molecule has 0 aromatic heterocycles. The minimum atomic E-state index is -0.436. The van der Waals surface area contributed by atoms with E-state index < -0.39 is 11.8 Å². The molecule has 2 amide bonds. The third-order valence-corrected chi connectivity index (χ3v) is 5.76. The number of anilines is 1. The first-order valence-corrected chi connectivity index (χ1v) is 11.2. The first kappa shape index (κ1) is 24.2. The predicted molar refractivity (Wildman–Crippen MR) is 126 cm³/mol. The van der Waals surface area contributed by atoms with Gasteiger partial charge in [-0.1, -0.05) is 12.1 Å². The quantitative estimate of drug-likeness (QED) is 0.300. The standard InChI is InChI=1S/C23H20Br2F2N2O3/c24-19-9-14(4-6-21(19)27)8-15(13-30)12-28-23(31)29-17-5-7-22(20(25)11-17)32-18-3-1-2-16(26)10-18/h1-7,9-11,15,30H,8,12-13H2,(H2,28,29,31). The zero-order valence-electron chi connectivity index (χ0n) is 16.7. The third kappa shape index (κ3) is 7.01. The van der Waals surface area contributed by atoms with Gasteiger partial charge in [-0.25, -0.2) is 13.6 Å². The van der Waals surface area contributed by atoms with Gasteiger partial charge in [-0.2, -0.15) is 0 Å². The lowest BCUT2D eigenvalue weighted by Gasteiger charge is -2.16. The average Bonchev–Trinajstić information content (AvgIpc) is 2.75. The van der Waals surface area contributed by atoms with E-state index in [9.17, 15) is 18.7 Å². The van der Waals surface area contributed by atoms with E-state index in [1.807, 2.05) is 0 Å². The normalized spacial score (nSPS) is 11.7. The van der Waals surface area contributed by atoms with Gasteiger partial charge < -0.3 is 20.5 Å². The van der Waals surface area contributed by atoms with Gasteiger partial charge in [-0.15, -0.1) is 0 Å². The van der Waals surface area contributed by atoms with Crippen molar-refractivity contribution in [2.24, 2.45) is 5.92 Å². The third-order valence-electron chi connectivity index (χ3n) is 4.53. The van der Waals surface area contributed by atoms with Gasteiger partial charge in [0.15, 0.2) is 0 Å². The molecule has 1 unspecified atom stereocenters. The van der Waals surface area contributed by atoms with Crippen LogP contribution in [0.25, 0.3) is 0 Å². The van der Waals surface area contributed by atoms with Crippen molar-refractivity contribution in [2.75, 3.05) is 18.5 Å². The summed E-state index contributed by atoms with van der Waals surface area (Å²) in [5.41, 5.74) is 1.36. The number of aliphatic hydroxyl groups excluding tert-OH is 1. The molecule has 0 spiro atoms. The van der Waals surface area contributed by atoms with Crippen LogP contribution in [0.2, 0.25) is 0 Å². The predicted octanol–water partition coefficient (Wildman–Crippen LogP) is 6.25. The van der Waals surface area contributed by atoms with E-state index >= 15 is 0 Å². The molecule has 32 heavy (non-hydrogen) atoms. The van der Waals surface area contributed by atoms with E-state index in [-0.39, 0.29) is 24.9 Å². The van der Waals surface area contributed by atoms with Crippen molar-refractivity contribution < 1.29 is 23.4 Å². The van der Waals surface area contributed by atoms with Crippen LogP contribution < -0.4 is 15.4 Å². The number of amides is 2. The highest BCUT2D eigenvalue weighted by Crippen LogP contribution is 2.32. The maximum absolute atomic E-state index is 13.4. The van der Waals surface area contributed by atoms with Crippen LogP contribution in [-0.4, -0.2) is 24.3 Å². The fourth-order valence-electron chi connectivity index (χ4n) is 2.93. The molecule has 0 aliphatic heterocycles. The van der Waals surface area contributed by atoms with Gasteiger partial charge in [-0.3, -0.25) is 0 Å². The zero-order valence-corrected chi connectivity index (χ0v) is 19.9. The number of halogens is 4. The van der Waals surface area contributed by atoms with Gasteiger partial charge in [0.2, 0.25) is 0 Å². The molecule has 0 aliphatic rings. The molecule has 3 N–H and O–H groups in total. The van der Waals surface area contributed by atoms with Gasteiger partial charge in [0.25, 0.3) is 0 Å². The largest absolute Gasteiger partial charge is 0.456 e. The SMILES string of the molecule is O=C(NCC(CO)Cc1ccc(F)c(Br)c1)Nc1ccc(Oc2cccc(F)c2)c(Br)c1. The van der Waals surface area contributed by atoms with Gasteiger partial charge in [0.05, 0.1) is 8.95 Å². The number of benzene rings is 3. The maximum Gasteiger partial charge on any atom is 0.319 e. The van der Waals surface area contributed by atoms with Crippen molar-refractivity contribution >= 4 is 43.6 Å². The number of ether oxygens (including phenoxy) is 1. The molecule has 9 heteroatoms. The Kier molecular flexibility index (Phi) is 8.60. The highest BCUT2D eigenvalue weighted by molar-refractivity contribution is 9.10. The Labute approximate surface area is 201 Å². The topological polar surface area (TPSA) is 70.6 Å². The molecule has 168 valence electrons.